The second kappa shape index (κ2) is 12.6. The molecule has 4 aliphatic rings. The molecule has 198 valence electrons. The summed E-state index contributed by atoms with van der Waals surface area (Å²) in [4.78, 5) is 0. The van der Waals surface area contributed by atoms with Gasteiger partial charge in [-0.3, -0.25) is 0 Å². The van der Waals surface area contributed by atoms with E-state index in [0.717, 1.165) is 36.5 Å². The Balaban J connectivity index is 0.00000103. The van der Waals surface area contributed by atoms with Crippen molar-refractivity contribution in [1.29, 1.82) is 0 Å². The van der Waals surface area contributed by atoms with E-state index in [-0.39, 0.29) is 11.5 Å². The van der Waals surface area contributed by atoms with Gasteiger partial charge in [0.15, 0.2) is 0 Å². The predicted molar refractivity (Wildman–Crippen MR) is 155 cm³/mol. The Morgan fingerprint density at radius 3 is 2.40 bits per heavy atom. The molecule has 1 heteroatoms. The van der Waals surface area contributed by atoms with E-state index in [1.807, 2.05) is 27.7 Å². The van der Waals surface area contributed by atoms with Gasteiger partial charge in [-0.05, 0) is 100 Å². The van der Waals surface area contributed by atoms with Crippen LogP contribution in [0, 0.1) is 34.5 Å². The second-order valence-electron chi connectivity index (χ2n) is 11.6. The van der Waals surface area contributed by atoms with E-state index < -0.39 is 0 Å². The fourth-order valence-electron chi connectivity index (χ4n) is 7.98. The molecule has 0 aromatic rings. The van der Waals surface area contributed by atoms with E-state index >= 15 is 0 Å². The average molecular weight is 481 g/mol. The maximum Gasteiger partial charge on any atom is 0.102 e. The van der Waals surface area contributed by atoms with Gasteiger partial charge in [-0.2, -0.15) is 0 Å². The van der Waals surface area contributed by atoms with Crippen molar-refractivity contribution in [2.75, 3.05) is 0 Å². The molecule has 0 aliphatic heterocycles. The fraction of sp³-hybridized carbons (Fsp3) is 0.706. The van der Waals surface area contributed by atoms with Crippen LogP contribution in [0.3, 0.4) is 0 Å². The Hall–Kier alpha value is -1.50. The van der Waals surface area contributed by atoms with Crippen LogP contribution in [-0.4, -0.2) is 6.10 Å². The molecular formula is C34H56O. The lowest BCUT2D eigenvalue weighted by molar-refractivity contribution is -0.0339. The van der Waals surface area contributed by atoms with Crippen molar-refractivity contribution in [3.8, 4) is 0 Å². The monoisotopic (exact) mass is 480 g/mol. The Kier molecular flexibility index (Phi) is 10.7. The SMILES string of the molecule is C=COC(CC(C)=C(C)C)CC1CCC2C3CC=C4CC=CC(=C)C4(C)C3CCC12C.CC.CC. The number of ether oxygens (including phenoxy) is 1. The average Bonchev–Trinajstić information content (AvgIpc) is 3.18. The highest BCUT2D eigenvalue weighted by atomic mass is 16.5. The van der Waals surface area contributed by atoms with Crippen molar-refractivity contribution in [2.24, 2.45) is 34.5 Å². The molecule has 0 spiro atoms. The van der Waals surface area contributed by atoms with Crippen LogP contribution in [0.4, 0.5) is 0 Å². The zero-order valence-corrected chi connectivity index (χ0v) is 24.7. The molecule has 7 unspecified atom stereocenters. The summed E-state index contributed by atoms with van der Waals surface area (Å²) in [5.74, 6) is 3.20. The molecular weight excluding hydrogens is 424 g/mol. The molecule has 0 bridgehead atoms. The molecule has 0 aromatic heterocycles. The highest BCUT2D eigenvalue weighted by Crippen LogP contribution is 2.67. The van der Waals surface area contributed by atoms with E-state index in [2.05, 4.69) is 66.0 Å². The van der Waals surface area contributed by atoms with Gasteiger partial charge >= 0.3 is 0 Å². The number of hydrogen-bond acceptors (Lipinski definition) is 1. The van der Waals surface area contributed by atoms with Gasteiger partial charge in [0.1, 0.15) is 6.10 Å². The molecule has 0 radical (unpaired) electrons. The summed E-state index contributed by atoms with van der Waals surface area (Å²) in [6.45, 7) is 28.2. The number of hydrogen-bond donors (Lipinski definition) is 0. The summed E-state index contributed by atoms with van der Waals surface area (Å²) in [6.07, 6.45) is 19.3. The van der Waals surface area contributed by atoms with Crippen molar-refractivity contribution in [2.45, 2.75) is 120 Å². The third-order valence-electron chi connectivity index (χ3n) is 10.2. The minimum absolute atomic E-state index is 0.201. The largest absolute Gasteiger partial charge is 0.498 e. The van der Waals surface area contributed by atoms with Crippen molar-refractivity contribution >= 4 is 0 Å². The highest BCUT2D eigenvalue weighted by Gasteiger charge is 2.58. The maximum absolute atomic E-state index is 6.06. The van der Waals surface area contributed by atoms with E-state index in [4.69, 9.17) is 4.74 Å². The molecule has 0 aromatic carbocycles. The van der Waals surface area contributed by atoms with Gasteiger partial charge in [0.2, 0.25) is 0 Å². The predicted octanol–water partition coefficient (Wildman–Crippen LogP) is 10.6. The van der Waals surface area contributed by atoms with Crippen LogP contribution in [0.25, 0.3) is 0 Å². The van der Waals surface area contributed by atoms with Gasteiger partial charge in [-0.15, -0.1) is 0 Å². The Morgan fingerprint density at radius 1 is 1.09 bits per heavy atom. The Morgan fingerprint density at radius 2 is 1.77 bits per heavy atom. The zero-order valence-electron chi connectivity index (χ0n) is 24.7. The third kappa shape index (κ3) is 5.60. The molecule has 2 saturated carbocycles. The summed E-state index contributed by atoms with van der Waals surface area (Å²) >= 11 is 0. The van der Waals surface area contributed by atoms with Crippen molar-refractivity contribution in [3.05, 3.63) is 59.9 Å². The summed E-state index contributed by atoms with van der Waals surface area (Å²) in [6, 6.07) is 0. The van der Waals surface area contributed by atoms with Crippen LogP contribution >= 0.6 is 0 Å². The van der Waals surface area contributed by atoms with Crippen molar-refractivity contribution < 1.29 is 4.74 Å². The van der Waals surface area contributed by atoms with Crippen LogP contribution in [0.2, 0.25) is 0 Å². The number of allylic oxidation sites excluding steroid dienone is 6. The molecule has 7 atom stereocenters. The topological polar surface area (TPSA) is 9.23 Å². The molecule has 0 heterocycles. The van der Waals surface area contributed by atoms with E-state index in [0.29, 0.717) is 5.41 Å². The smallest absolute Gasteiger partial charge is 0.102 e. The lowest BCUT2D eigenvalue weighted by atomic mass is 9.47. The van der Waals surface area contributed by atoms with Crippen LogP contribution in [0.5, 0.6) is 0 Å². The summed E-state index contributed by atoms with van der Waals surface area (Å²) in [5.41, 5.74) is 6.55. The van der Waals surface area contributed by atoms with Gasteiger partial charge in [-0.1, -0.05) is 89.6 Å². The summed E-state index contributed by atoms with van der Waals surface area (Å²) in [5, 5.41) is 0. The highest BCUT2D eigenvalue weighted by molar-refractivity contribution is 5.42. The molecule has 1 nitrogen and oxygen atoms in total. The standard InChI is InChI=1S/C30H44O.2C2H6/c1-8-31-25(18-21(4)20(2)3)19-24-13-15-27-26-14-12-23-11-9-10-22(5)30(23,7)28(26)16-17-29(24,27)6;2*1-2/h8-10,12,24-28H,1,5,11,13-19H2,2-4,6-7H3;2*1-2H3. The molecule has 0 N–H and O–H groups in total. The first-order valence-electron chi connectivity index (χ1n) is 14.7. The summed E-state index contributed by atoms with van der Waals surface area (Å²) < 4.78 is 6.06. The normalized spacial score (nSPS) is 35.5. The number of fused-ring (bicyclic) bond motifs is 5. The lowest BCUT2D eigenvalue weighted by Gasteiger charge is -2.57. The molecule has 35 heavy (non-hydrogen) atoms. The van der Waals surface area contributed by atoms with Crippen LogP contribution in [0.15, 0.2) is 59.9 Å². The van der Waals surface area contributed by atoms with Gasteiger partial charge in [-0.25, -0.2) is 0 Å². The Bertz CT molecular complexity index is 822. The first-order valence-corrected chi connectivity index (χ1v) is 14.7. The lowest BCUT2D eigenvalue weighted by Crippen LogP contribution is -2.49. The molecule has 2 fully saturated rings. The summed E-state index contributed by atoms with van der Waals surface area (Å²) in [7, 11) is 0. The molecule has 4 aliphatic carbocycles. The molecule has 0 saturated heterocycles. The zero-order chi connectivity index (χ0) is 26.4. The van der Waals surface area contributed by atoms with Gasteiger partial charge in [0.25, 0.3) is 0 Å². The first-order chi connectivity index (χ1) is 16.7. The van der Waals surface area contributed by atoms with Crippen LogP contribution in [-0.2, 0) is 4.74 Å². The quantitative estimate of drug-likeness (QED) is 0.271. The van der Waals surface area contributed by atoms with Crippen molar-refractivity contribution in [1.82, 2.24) is 0 Å². The van der Waals surface area contributed by atoms with Gasteiger partial charge in [0, 0.05) is 11.8 Å². The Labute approximate surface area is 218 Å². The molecule has 4 rings (SSSR count). The van der Waals surface area contributed by atoms with E-state index in [1.165, 1.54) is 55.2 Å². The van der Waals surface area contributed by atoms with Gasteiger partial charge < -0.3 is 4.74 Å². The fourth-order valence-corrected chi connectivity index (χ4v) is 7.98. The van der Waals surface area contributed by atoms with Crippen LogP contribution in [0.1, 0.15) is 114 Å². The van der Waals surface area contributed by atoms with Crippen LogP contribution < -0.4 is 0 Å². The minimum Gasteiger partial charge on any atom is -0.498 e. The third-order valence-corrected chi connectivity index (χ3v) is 10.2. The van der Waals surface area contributed by atoms with E-state index in [9.17, 15) is 0 Å². The van der Waals surface area contributed by atoms with E-state index in [1.54, 1.807) is 11.8 Å². The minimum atomic E-state index is 0.201. The van der Waals surface area contributed by atoms with Crippen molar-refractivity contribution in [3.63, 3.8) is 0 Å². The number of rotatable bonds is 6. The first kappa shape index (κ1) is 29.7. The molecule has 0 amide bonds. The van der Waals surface area contributed by atoms with Gasteiger partial charge in [0.05, 0.1) is 6.26 Å². The maximum atomic E-state index is 6.06. The second-order valence-corrected chi connectivity index (χ2v) is 11.6.